The van der Waals surface area contributed by atoms with E-state index in [9.17, 15) is 4.79 Å². The lowest BCUT2D eigenvalue weighted by Crippen LogP contribution is -2.45. The number of hydrogen-bond acceptors (Lipinski definition) is 3. The maximum absolute atomic E-state index is 9.76. The van der Waals surface area contributed by atoms with Crippen molar-refractivity contribution >= 4 is 5.97 Å². The van der Waals surface area contributed by atoms with Gasteiger partial charge in [0.05, 0.1) is 5.92 Å². The molecule has 0 radical (unpaired) electrons. The Kier molecular flexibility index (Phi) is 3.49. The molecule has 4 heteroatoms. The molecule has 1 aliphatic heterocycles. The van der Waals surface area contributed by atoms with Gasteiger partial charge in [-0.25, -0.2) is 0 Å². The van der Waals surface area contributed by atoms with Crippen LogP contribution in [0.2, 0.25) is 0 Å². The van der Waals surface area contributed by atoms with Crippen molar-refractivity contribution < 1.29 is 9.90 Å². The van der Waals surface area contributed by atoms with Crippen molar-refractivity contribution in [3.63, 3.8) is 0 Å². The molecular formula is C8H16N2O2. The van der Waals surface area contributed by atoms with E-state index in [1.54, 1.807) is 0 Å². The van der Waals surface area contributed by atoms with Crippen LogP contribution < -0.4 is 11.1 Å². The third-order valence-electron chi connectivity index (χ3n) is 2.13. The summed E-state index contributed by atoms with van der Waals surface area (Å²) in [7, 11) is 0. The molecule has 0 aromatic rings. The summed E-state index contributed by atoms with van der Waals surface area (Å²) in [6, 6.07) is 0. The van der Waals surface area contributed by atoms with E-state index in [2.05, 4.69) is 5.32 Å². The summed E-state index contributed by atoms with van der Waals surface area (Å²) in [6.07, 6.45) is 1.80. The quantitative estimate of drug-likeness (QED) is 0.532. The molecule has 1 saturated carbocycles. The molecule has 4 N–H and O–H groups in total. The predicted octanol–water partition coefficient (Wildman–Crippen LogP) is -0.355. The smallest absolute Gasteiger partial charge is 0.306 e. The average Bonchev–Trinajstić information content (AvgIpc) is 2.65. The number of nitrogens with one attached hydrogen (secondary N) is 1. The Morgan fingerprint density at radius 2 is 2.08 bits per heavy atom. The average molecular weight is 172 g/mol. The van der Waals surface area contributed by atoms with E-state index >= 15 is 0 Å². The highest BCUT2D eigenvalue weighted by atomic mass is 16.4. The van der Waals surface area contributed by atoms with Gasteiger partial charge in [-0.3, -0.25) is 4.79 Å². The Morgan fingerprint density at radius 1 is 1.50 bits per heavy atom. The van der Waals surface area contributed by atoms with Gasteiger partial charge in [0.1, 0.15) is 0 Å². The van der Waals surface area contributed by atoms with Crippen LogP contribution in [-0.4, -0.2) is 30.7 Å². The molecule has 0 amide bonds. The van der Waals surface area contributed by atoms with E-state index in [0.717, 1.165) is 38.4 Å². The number of nitrogens with two attached hydrogens (primary N) is 1. The predicted molar refractivity (Wildman–Crippen MR) is 45.8 cm³/mol. The lowest BCUT2D eigenvalue weighted by molar-refractivity contribution is -0.138. The van der Waals surface area contributed by atoms with Gasteiger partial charge in [-0.15, -0.1) is 0 Å². The molecular weight excluding hydrogens is 156 g/mol. The van der Waals surface area contributed by atoms with Gasteiger partial charge in [0, 0.05) is 13.1 Å². The van der Waals surface area contributed by atoms with Crippen molar-refractivity contribution in [3.05, 3.63) is 0 Å². The molecule has 4 nitrogen and oxygen atoms in total. The largest absolute Gasteiger partial charge is 0.481 e. The van der Waals surface area contributed by atoms with Gasteiger partial charge < -0.3 is 16.2 Å². The third-order valence-corrected chi connectivity index (χ3v) is 2.13. The molecule has 0 spiro atoms. The van der Waals surface area contributed by atoms with E-state index in [0.29, 0.717) is 0 Å². The first-order chi connectivity index (χ1) is 5.74. The number of carboxylic acids is 1. The fourth-order valence-corrected chi connectivity index (χ4v) is 0.845. The molecule has 1 heterocycles. The minimum atomic E-state index is -0.630. The number of rotatable bonds is 2. The molecule has 1 aliphatic carbocycles. The second-order valence-electron chi connectivity index (χ2n) is 3.37. The Balaban J connectivity index is 0.000000120. The highest BCUT2D eigenvalue weighted by molar-refractivity contribution is 5.72. The topological polar surface area (TPSA) is 75.3 Å². The van der Waals surface area contributed by atoms with Gasteiger partial charge in [0.15, 0.2) is 0 Å². The van der Waals surface area contributed by atoms with Crippen molar-refractivity contribution in [3.8, 4) is 0 Å². The Morgan fingerprint density at radius 3 is 2.08 bits per heavy atom. The van der Waals surface area contributed by atoms with Crippen LogP contribution in [0.4, 0.5) is 0 Å². The molecule has 2 fully saturated rings. The Bertz CT molecular complexity index is 150. The van der Waals surface area contributed by atoms with Crippen molar-refractivity contribution in [1.82, 2.24) is 5.32 Å². The van der Waals surface area contributed by atoms with E-state index in [1.807, 2.05) is 0 Å². The summed E-state index contributed by atoms with van der Waals surface area (Å²) in [5, 5.41) is 11.2. The summed E-state index contributed by atoms with van der Waals surface area (Å²) in [4.78, 5) is 9.76. The normalized spacial score (nSPS) is 22.1. The maximum atomic E-state index is 9.76. The molecule has 1 saturated heterocycles. The lowest BCUT2D eigenvalue weighted by Gasteiger charge is -2.24. The van der Waals surface area contributed by atoms with Crippen LogP contribution >= 0.6 is 0 Å². The highest BCUT2D eigenvalue weighted by Gasteiger charge is 2.28. The Hall–Kier alpha value is -0.610. The van der Waals surface area contributed by atoms with E-state index in [4.69, 9.17) is 10.8 Å². The number of carboxylic acid groups (broad SMARTS) is 1. The summed E-state index contributed by atoms with van der Waals surface area (Å²) < 4.78 is 0. The second-order valence-corrected chi connectivity index (χ2v) is 3.37. The van der Waals surface area contributed by atoms with Crippen LogP contribution in [0.1, 0.15) is 12.8 Å². The summed E-state index contributed by atoms with van der Waals surface area (Å²) in [6.45, 7) is 3.12. The molecule has 70 valence electrons. The zero-order chi connectivity index (χ0) is 8.97. The zero-order valence-electron chi connectivity index (χ0n) is 7.12. The lowest BCUT2D eigenvalue weighted by atomic mass is 10.1. The molecule has 0 aromatic heterocycles. The van der Waals surface area contributed by atoms with Gasteiger partial charge >= 0.3 is 5.97 Å². The second kappa shape index (κ2) is 4.42. The minimum absolute atomic E-state index is 0.0185. The van der Waals surface area contributed by atoms with Crippen molar-refractivity contribution in [2.75, 3.05) is 19.6 Å². The molecule has 0 atom stereocenters. The molecule has 12 heavy (non-hydrogen) atoms. The summed E-state index contributed by atoms with van der Waals surface area (Å²) in [5.41, 5.74) is 5.29. The van der Waals surface area contributed by atoms with Gasteiger partial charge in [0.2, 0.25) is 0 Å². The van der Waals surface area contributed by atoms with Gasteiger partial charge in [0.25, 0.3) is 0 Å². The number of hydrogen-bond donors (Lipinski definition) is 3. The SMILES string of the molecule is NCC1CNC1.O=C(O)C1CC1. The van der Waals surface area contributed by atoms with Gasteiger partial charge in [-0.05, 0) is 25.3 Å². The van der Waals surface area contributed by atoms with Crippen molar-refractivity contribution in [2.24, 2.45) is 17.6 Å². The van der Waals surface area contributed by atoms with Gasteiger partial charge in [-0.1, -0.05) is 0 Å². The van der Waals surface area contributed by atoms with Crippen molar-refractivity contribution in [1.29, 1.82) is 0 Å². The van der Waals surface area contributed by atoms with E-state index < -0.39 is 5.97 Å². The number of carbonyl (C=O) groups is 1. The monoisotopic (exact) mass is 172 g/mol. The van der Waals surface area contributed by atoms with Crippen LogP contribution in [0, 0.1) is 11.8 Å². The fraction of sp³-hybridized carbons (Fsp3) is 0.875. The molecule has 0 bridgehead atoms. The molecule has 0 aromatic carbocycles. The first kappa shape index (κ1) is 9.48. The van der Waals surface area contributed by atoms with Crippen LogP contribution in [0.3, 0.4) is 0 Å². The summed E-state index contributed by atoms with van der Waals surface area (Å²) in [5.74, 6) is 0.171. The van der Waals surface area contributed by atoms with Crippen LogP contribution in [0.25, 0.3) is 0 Å². The Labute approximate surface area is 72.1 Å². The number of aliphatic carboxylic acids is 1. The first-order valence-electron chi connectivity index (χ1n) is 4.37. The first-order valence-corrected chi connectivity index (χ1v) is 4.37. The molecule has 2 rings (SSSR count). The van der Waals surface area contributed by atoms with E-state index in [-0.39, 0.29) is 5.92 Å². The van der Waals surface area contributed by atoms with Crippen molar-refractivity contribution in [2.45, 2.75) is 12.8 Å². The van der Waals surface area contributed by atoms with Gasteiger partial charge in [-0.2, -0.15) is 0 Å². The molecule has 2 aliphatic rings. The zero-order valence-corrected chi connectivity index (χ0v) is 7.12. The van der Waals surface area contributed by atoms with Crippen LogP contribution in [-0.2, 0) is 4.79 Å². The van der Waals surface area contributed by atoms with Crippen LogP contribution in [0.15, 0.2) is 0 Å². The fourth-order valence-electron chi connectivity index (χ4n) is 0.845. The highest BCUT2D eigenvalue weighted by Crippen LogP contribution is 2.28. The maximum Gasteiger partial charge on any atom is 0.306 e. The minimum Gasteiger partial charge on any atom is -0.481 e. The molecule has 0 unspecified atom stereocenters. The summed E-state index contributed by atoms with van der Waals surface area (Å²) >= 11 is 0. The van der Waals surface area contributed by atoms with Crippen LogP contribution in [0.5, 0.6) is 0 Å². The van der Waals surface area contributed by atoms with E-state index in [1.165, 1.54) is 0 Å². The third kappa shape index (κ3) is 3.19. The standard InChI is InChI=1S/C4H10N2.C4H6O2/c5-1-4-2-6-3-4;5-4(6)3-1-2-3/h4,6H,1-3,5H2;3H,1-2H2,(H,5,6).